The van der Waals surface area contributed by atoms with Crippen molar-refractivity contribution in [3.05, 3.63) is 29.8 Å². The molecule has 0 aromatic heterocycles. The van der Waals surface area contributed by atoms with Gasteiger partial charge in [-0.15, -0.1) is 0 Å². The highest BCUT2D eigenvalue weighted by atomic mass is 16.2. The Kier molecular flexibility index (Phi) is 4.70. The van der Waals surface area contributed by atoms with Crippen molar-refractivity contribution in [1.29, 1.82) is 0 Å². The molecule has 6 heteroatoms. The monoisotopic (exact) mass is 276 g/mol. The number of carbonyl (C=O) groups is 2. The van der Waals surface area contributed by atoms with E-state index in [1.807, 2.05) is 0 Å². The Morgan fingerprint density at radius 3 is 2.90 bits per heavy atom. The topological polar surface area (TPSA) is 87.5 Å². The number of anilines is 1. The van der Waals surface area contributed by atoms with Gasteiger partial charge in [-0.25, -0.2) is 0 Å². The van der Waals surface area contributed by atoms with Crippen LogP contribution in [0.2, 0.25) is 0 Å². The molecule has 0 spiro atoms. The van der Waals surface area contributed by atoms with Crippen LogP contribution in [0.3, 0.4) is 0 Å². The number of nitrogens with two attached hydrogens (primary N) is 1. The number of para-hydroxylation sites is 1. The number of hydrogen-bond donors (Lipinski definition) is 3. The number of primary amides is 1. The molecule has 0 unspecified atom stereocenters. The van der Waals surface area contributed by atoms with E-state index in [9.17, 15) is 9.59 Å². The minimum Gasteiger partial charge on any atom is -0.366 e. The SMILES string of the molecule is C[C@H]1CN(CC(=O)Nc2ccccc2C(N)=O)CCN1. The first-order valence-electron chi connectivity index (χ1n) is 6.70. The number of piperazine rings is 1. The molecule has 2 amide bonds. The predicted octanol–water partition coefficient (Wildman–Crippen LogP) is 0.0177. The van der Waals surface area contributed by atoms with Crippen molar-refractivity contribution in [2.45, 2.75) is 13.0 Å². The molecule has 1 fully saturated rings. The second-order valence-corrected chi connectivity index (χ2v) is 5.05. The van der Waals surface area contributed by atoms with Crippen molar-refractivity contribution in [3.63, 3.8) is 0 Å². The van der Waals surface area contributed by atoms with Gasteiger partial charge in [0.1, 0.15) is 0 Å². The van der Waals surface area contributed by atoms with Gasteiger partial charge in [-0.05, 0) is 19.1 Å². The molecule has 1 aromatic carbocycles. The molecule has 4 N–H and O–H groups in total. The van der Waals surface area contributed by atoms with Crippen LogP contribution in [0.1, 0.15) is 17.3 Å². The van der Waals surface area contributed by atoms with Crippen LogP contribution in [-0.2, 0) is 4.79 Å². The van der Waals surface area contributed by atoms with Gasteiger partial charge in [-0.1, -0.05) is 12.1 Å². The average Bonchev–Trinajstić information content (AvgIpc) is 2.38. The van der Waals surface area contributed by atoms with Gasteiger partial charge in [0.25, 0.3) is 5.91 Å². The third-order valence-corrected chi connectivity index (χ3v) is 3.29. The summed E-state index contributed by atoms with van der Waals surface area (Å²) in [6.45, 7) is 4.97. The van der Waals surface area contributed by atoms with Crippen molar-refractivity contribution in [3.8, 4) is 0 Å². The second-order valence-electron chi connectivity index (χ2n) is 5.05. The lowest BCUT2D eigenvalue weighted by Crippen LogP contribution is -2.51. The zero-order valence-electron chi connectivity index (χ0n) is 11.6. The molecule has 108 valence electrons. The average molecular weight is 276 g/mol. The lowest BCUT2D eigenvalue weighted by Gasteiger charge is -2.31. The van der Waals surface area contributed by atoms with Crippen molar-refractivity contribution in [2.24, 2.45) is 5.73 Å². The summed E-state index contributed by atoms with van der Waals surface area (Å²) in [6.07, 6.45) is 0. The highest BCUT2D eigenvalue weighted by molar-refractivity contribution is 6.03. The predicted molar refractivity (Wildman–Crippen MR) is 77.5 cm³/mol. The number of rotatable bonds is 4. The molecular weight excluding hydrogens is 256 g/mol. The molecule has 0 saturated carbocycles. The Hall–Kier alpha value is -1.92. The van der Waals surface area contributed by atoms with Crippen LogP contribution >= 0.6 is 0 Å². The fraction of sp³-hybridized carbons (Fsp3) is 0.429. The van der Waals surface area contributed by atoms with Gasteiger partial charge >= 0.3 is 0 Å². The van der Waals surface area contributed by atoms with Gasteiger partial charge in [-0.3, -0.25) is 14.5 Å². The zero-order valence-corrected chi connectivity index (χ0v) is 11.6. The maximum Gasteiger partial charge on any atom is 0.250 e. The van der Waals surface area contributed by atoms with E-state index in [2.05, 4.69) is 22.5 Å². The summed E-state index contributed by atoms with van der Waals surface area (Å²) in [7, 11) is 0. The number of benzene rings is 1. The van der Waals surface area contributed by atoms with Gasteiger partial charge in [0.15, 0.2) is 0 Å². The third kappa shape index (κ3) is 3.79. The van der Waals surface area contributed by atoms with Crippen LogP contribution in [0.5, 0.6) is 0 Å². The Balaban J connectivity index is 1.96. The third-order valence-electron chi connectivity index (χ3n) is 3.29. The first-order valence-corrected chi connectivity index (χ1v) is 6.70. The van der Waals surface area contributed by atoms with E-state index in [0.717, 1.165) is 19.6 Å². The number of hydrogen-bond acceptors (Lipinski definition) is 4. The first kappa shape index (κ1) is 14.5. The van der Waals surface area contributed by atoms with Crippen molar-refractivity contribution in [1.82, 2.24) is 10.2 Å². The Morgan fingerprint density at radius 2 is 2.20 bits per heavy atom. The smallest absolute Gasteiger partial charge is 0.250 e. The summed E-state index contributed by atoms with van der Waals surface area (Å²) in [5.41, 5.74) is 6.08. The maximum absolute atomic E-state index is 12.0. The summed E-state index contributed by atoms with van der Waals surface area (Å²) >= 11 is 0. The quantitative estimate of drug-likeness (QED) is 0.723. The van der Waals surface area contributed by atoms with Crippen molar-refractivity contribution in [2.75, 3.05) is 31.5 Å². The zero-order chi connectivity index (χ0) is 14.5. The van der Waals surface area contributed by atoms with Gasteiger partial charge in [0.05, 0.1) is 17.8 Å². The molecule has 1 aliphatic heterocycles. The van der Waals surface area contributed by atoms with Crippen molar-refractivity contribution >= 4 is 17.5 Å². The molecule has 2 rings (SSSR count). The second kappa shape index (κ2) is 6.49. The summed E-state index contributed by atoms with van der Waals surface area (Å²) in [4.78, 5) is 25.4. The minimum atomic E-state index is -0.545. The molecule has 6 nitrogen and oxygen atoms in total. The fourth-order valence-electron chi connectivity index (χ4n) is 2.36. The summed E-state index contributed by atoms with van der Waals surface area (Å²) < 4.78 is 0. The first-order chi connectivity index (χ1) is 9.56. The Bertz CT molecular complexity index is 504. The van der Waals surface area contributed by atoms with Gasteiger partial charge in [0.2, 0.25) is 5.91 Å². The molecule has 0 radical (unpaired) electrons. The molecule has 0 bridgehead atoms. The molecular formula is C14H20N4O2. The minimum absolute atomic E-state index is 0.132. The lowest BCUT2D eigenvalue weighted by atomic mass is 10.1. The highest BCUT2D eigenvalue weighted by Crippen LogP contribution is 2.14. The van der Waals surface area contributed by atoms with Crippen LogP contribution in [0.4, 0.5) is 5.69 Å². The molecule has 20 heavy (non-hydrogen) atoms. The Morgan fingerprint density at radius 1 is 1.45 bits per heavy atom. The van der Waals surface area contributed by atoms with Gasteiger partial charge in [-0.2, -0.15) is 0 Å². The Labute approximate surface area is 118 Å². The van der Waals surface area contributed by atoms with E-state index >= 15 is 0 Å². The van der Waals surface area contributed by atoms with Crippen LogP contribution in [-0.4, -0.2) is 48.9 Å². The number of amides is 2. The van der Waals surface area contributed by atoms with Gasteiger partial charge < -0.3 is 16.4 Å². The molecule has 1 aliphatic rings. The lowest BCUT2D eigenvalue weighted by molar-refractivity contribution is -0.117. The molecule has 1 aromatic rings. The number of nitrogens with zero attached hydrogens (tertiary/aromatic N) is 1. The fourth-order valence-corrected chi connectivity index (χ4v) is 2.36. The summed E-state index contributed by atoms with van der Waals surface area (Å²) in [5.74, 6) is -0.676. The largest absolute Gasteiger partial charge is 0.366 e. The van der Waals surface area contributed by atoms with E-state index in [1.54, 1.807) is 24.3 Å². The maximum atomic E-state index is 12.0. The van der Waals surface area contributed by atoms with E-state index < -0.39 is 5.91 Å². The van der Waals surface area contributed by atoms with E-state index in [1.165, 1.54) is 0 Å². The van der Waals surface area contributed by atoms with Crippen molar-refractivity contribution < 1.29 is 9.59 Å². The normalized spacial score (nSPS) is 19.6. The molecule has 1 saturated heterocycles. The van der Waals surface area contributed by atoms with E-state index in [0.29, 0.717) is 23.8 Å². The highest BCUT2D eigenvalue weighted by Gasteiger charge is 2.18. The number of carbonyl (C=O) groups excluding carboxylic acids is 2. The van der Waals surface area contributed by atoms with Crippen LogP contribution in [0, 0.1) is 0 Å². The van der Waals surface area contributed by atoms with Crippen LogP contribution in [0.25, 0.3) is 0 Å². The van der Waals surface area contributed by atoms with Crippen LogP contribution < -0.4 is 16.4 Å². The standard InChI is InChI=1S/C14H20N4O2/c1-10-8-18(7-6-16-10)9-13(19)17-12-5-3-2-4-11(12)14(15)20/h2-5,10,16H,6-9H2,1H3,(H2,15,20)(H,17,19)/t10-/m0/s1. The van der Waals surface area contributed by atoms with Crippen LogP contribution in [0.15, 0.2) is 24.3 Å². The molecule has 1 heterocycles. The van der Waals surface area contributed by atoms with E-state index in [4.69, 9.17) is 5.73 Å². The van der Waals surface area contributed by atoms with Gasteiger partial charge in [0, 0.05) is 25.7 Å². The molecule has 1 atom stereocenters. The summed E-state index contributed by atoms with van der Waals surface area (Å²) in [6, 6.07) is 7.14. The number of nitrogens with one attached hydrogen (secondary N) is 2. The summed E-state index contributed by atoms with van der Waals surface area (Å²) in [5, 5.41) is 6.08. The van der Waals surface area contributed by atoms with E-state index in [-0.39, 0.29) is 5.91 Å². The molecule has 0 aliphatic carbocycles.